The van der Waals surface area contributed by atoms with E-state index >= 15 is 0 Å². The van der Waals surface area contributed by atoms with Crippen molar-refractivity contribution >= 4 is 8.07 Å². The molecule has 0 aliphatic heterocycles. The van der Waals surface area contributed by atoms with Crippen LogP contribution in [0.4, 0.5) is 0 Å². The van der Waals surface area contributed by atoms with E-state index < -0.39 is 8.07 Å². The van der Waals surface area contributed by atoms with E-state index in [0.29, 0.717) is 5.04 Å². The average molecular weight is 184 g/mol. The zero-order valence-corrected chi connectivity index (χ0v) is 10.8. The molecule has 0 aromatic carbocycles. The first kappa shape index (κ1) is 12.0. The summed E-state index contributed by atoms with van der Waals surface area (Å²) in [5.74, 6) is 0. The van der Waals surface area contributed by atoms with Crippen LogP contribution in [-0.4, -0.2) is 8.07 Å². The molecule has 0 bridgehead atoms. The zero-order chi connectivity index (χ0) is 10.2. The predicted octanol–water partition coefficient (Wildman–Crippen LogP) is 4.32. The van der Waals surface area contributed by atoms with Gasteiger partial charge in [0, 0.05) is 0 Å². The second kappa shape index (κ2) is 3.02. The van der Waals surface area contributed by atoms with Gasteiger partial charge in [-0.3, -0.25) is 0 Å². The van der Waals surface area contributed by atoms with E-state index in [1.54, 1.807) is 0 Å². The molecule has 0 spiro atoms. The van der Waals surface area contributed by atoms with Gasteiger partial charge in [0.15, 0.2) is 0 Å². The lowest BCUT2D eigenvalue weighted by Gasteiger charge is -2.48. The van der Waals surface area contributed by atoms with Crippen molar-refractivity contribution in [3.63, 3.8) is 0 Å². The fourth-order valence-electron chi connectivity index (χ4n) is 1.22. The fraction of sp³-hybridized carbons (Fsp3) is 0.818. The van der Waals surface area contributed by atoms with Crippen molar-refractivity contribution in [2.75, 3.05) is 0 Å². The van der Waals surface area contributed by atoms with Crippen LogP contribution in [-0.2, 0) is 0 Å². The molecule has 0 aliphatic rings. The van der Waals surface area contributed by atoms with Gasteiger partial charge in [0.05, 0.1) is 8.07 Å². The number of allylic oxidation sites excluding steroid dienone is 1. The largest absolute Gasteiger partial charge is 0.103 e. The highest BCUT2D eigenvalue weighted by molar-refractivity contribution is 6.79. The number of rotatable bonds is 3. The first-order chi connectivity index (χ1) is 5.06. The topological polar surface area (TPSA) is 0 Å². The molecule has 0 saturated heterocycles. The predicted molar refractivity (Wildman–Crippen MR) is 61.4 cm³/mol. The van der Waals surface area contributed by atoms with Crippen LogP contribution in [0.1, 0.15) is 27.7 Å². The van der Waals surface area contributed by atoms with Gasteiger partial charge in [0.25, 0.3) is 0 Å². The molecule has 0 nitrogen and oxygen atoms in total. The maximum atomic E-state index is 3.93. The highest BCUT2D eigenvalue weighted by atomic mass is 28.3. The minimum Gasteiger partial charge on any atom is -0.103 e. The summed E-state index contributed by atoms with van der Waals surface area (Å²) >= 11 is 0. The Hall–Kier alpha value is -0.0431. The Bertz CT molecular complexity index is 170. The second-order valence-corrected chi connectivity index (χ2v) is 11.6. The molecule has 12 heavy (non-hydrogen) atoms. The molecule has 72 valence electrons. The summed E-state index contributed by atoms with van der Waals surface area (Å²) in [6.07, 6.45) is 2.10. The van der Waals surface area contributed by atoms with Gasteiger partial charge < -0.3 is 0 Å². The lowest BCUT2D eigenvalue weighted by Crippen LogP contribution is -2.44. The minimum atomic E-state index is -1.11. The summed E-state index contributed by atoms with van der Waals surface area (Å²) in [4.78, 5) is 0. The number of hydrogen-bond donors (Lipinski definition) is 0. The van der Waals surface area contributed by atoms with Crippen LogP contribution >= 0.6 is 0 Å². The van der Waals surface area contributed by atoms with E-state index in [1.165, 1.54) is 0 Å². The van der Waals surface area contributed by atoms with Crippen LogP contribution < -0.4 is 0 Å². The molecule has 0 heterocycles. The van der Waals surface area contributed by atoms with E-state index in [2.05, 4.69) is 60.0 Å². The molecule has 0 rings (SSSR count). The van der Waals surface area contributed by atoms with Gasteiger partial charge in [-0.15, -0.1) is 6.58 Å². The first-order valence-electron chi connectivity index (χ1n) is 4.70. The molecule has 0 N–H and O–H groups in total. The Kier molecular flexibility index (Phi) is 3.01. The van der Waals surface area contributed by atoms with Crippen LogP contribution in [0.3, 0.4) is 0 Å². The first-order valence-corrected chi connectivity index (χ1v) is 8.20. The molecule has 0 aromatic rings. The van der Waals surface area contributed by atoms with E-state index in [9.17, 15) is 0 Å². The Morgan fingerprint density at radius 1 is 1.00 bits per heavy atom. The average Bonchev–Trinajstić information content (AvgIpc) is 1.85. The fourth-order valence-corrected chi connectivity index (χ4v) is 3.26. The second-order valence-electron chi connectivity index (χ2n) is 5.80. The van der Waals surface area contributed by atoms with Crippen LogP contribution in [0.25, 0.3) is 0 Å². The lowest BCUT2D eigenvalue weighted by atomic mass is 9.80. The van der Waals surface area contributed by atoms with Crippen LogP contribution in [0.15, 0.2) is 12.7 Å². The Labute approximate surface area is 79.1 Å². The van der Waals surface area contributed by atoms with Gasteiger partial charge in [0.2, 0.25) is 0 Å². The van der Waals surface area contributed by atoms with Crippen molar-refractivity contribution in [3.8, 4) is 0 Å². The molecular weight excluding hydrogens is 160 g/mol. The van der Waals surface area contributed by atoms with E-state index in [4.69, 9.17) is 0 Å². The molecule has 0 aromatic heterocycles. The standard InChI is InChI=1S/C11H24Si/c1-9-10(2,3)11(4,5)12(6,7)8/h9H,1H2,2-8H3. The van der Waals surface area contributed by atoms with E-state index in [1.807, 2.05) is 0 Å². The monoisotopic (exact) mass is 184 g/mol. The smallest absolute Gasteiger partial charge is 0.0509 e. The molecule has 0 radical (unpaired) electrons. The van der Waals surface area contributed by atoms with Crippen LogP contribution in [0, 0.1) is 5.41 Å². The molecule has 0 fully saturated rings. The molecule has 0 amide bonds. The summed E-state index contributed by atoms with van der Waals surface area (Å²) in [7, 11) is -1.11. The van der Waals surface area contributed by atoms with Crippen molar-refractivity contribution in [2.24, 2.45) is 5.41 Å². The summed E-state index contributed by atoms with van der Waals surface area (Å²) in [5.41, 5.74) is 0.247. The van der Waals surface area contributed by atoms with Gasteiger partial charge in [0.1, 0.15) is 0 Å². The SMILES string of the molecule is C=CC(C)(C)C(C)(C)[Si](C)(C)C. The maximum Gasteiger partial charge on any atom is 0.0509 e. The van der Waals surface area contributed by atoms with Crippen molar-refractivity contribution in [3.05, 3.63) is 12.7 Å². The number of hydrogen-bond acceptors (Lipinski definition) is 0. The van der Waals surface area contributed by atoms with Gasteiger partial charge in [-0.2, -0.15) is 0 Å². The normalized spacial score (nSPS) is 14.6. The summed E-state index contributed by atoms with van der Waals surface area (Å²) in [6, 6.07) is 0. The van der Waals surface area contributed by atoms with Gasteiger partial charge in [-0.1, -0.05) is 53.4 Å². The summed E-state index contributed by atoms with van der Waals surface area (Å²) in [5, 5.41) is 0.405. The molecule has 0 saturated carbocycles. The van der Waals surface area contributed by atoms with Crippen molar-refractivity contribution in [2.45, 2.75) is 52.4 Å². The Balaban J connectivity index is 4.97. The maximum absolute atomic E-state index is 3.93. The third-order valence-electron chi connectivity index (χ3n) is 4.00. The Morgan fingerprint density at radius 2 is 1.33 bits per heavy atom. The van der Waals surface area contributed by atoms with Crippen molar-refractivity contribution in [1.82, 2.24) is 0 Å². The molecular formula is C11H24Si. The highest BCUT2D eigenvalue weighted by Crippen LogP contribution is 2.52. The van der Waals surface area contributed by atoms with Crippen molar-refractivity contribution in [1.29, 1.82) is 0 Å². The molecule has 1 heteroatoms. The zero-order valence-electron chi connectivity index (χ0n) is 9.78. The Morgan fingerprint density at radius 3 is 1.42 bits per heavy atom. The van der Waals surface area contributed by atoms with Crippen LogP contribution in [0.5, 0.6) is 0 Å². The van der Waals surface area contributed by atoms with Gasteiger partial charge in [-0.05, 0) is 10.5 Å². The third-order valence-corrected chi connectivity index (χ3v) is 8.39. The van der Waals surface area contributed by atoms with Gasteiger partial charge >= 0.3 is 0 Å². The van der Waals surface area contributed by atoms with E-state index in [-0.39, 0.29) is 5.41 Å². The lowest BCUT2D eigenvalue weighted by molar-refractivity contribution is 0.339. The third kappa shape index (κ3) is 1.82. The van der Waals surface area contributed by atoms with Gasteiger partial charge in [-0.25, -0.2) is 0 Å². The highest BCUT2D eigenvalue weighted by Gasteiger charge is 2.44. The van der Waals surface area contributed by atoms with Crippen molar-refractivity contribution < 1.29 is 0 Å². The summed E-state index contributed by atoms with van der Waals surface area (Å²) in [6.45, 7) is 20.6. The molecule has 0 atom stereocenters. The molecule has 0 aliphatic carbocycles. The van der Waals surface area contributed by atoms with Crippen LogP contribution in [0.2, 0.25) is 24.7 Å². The summed E-state index contributed by atoms with van der Waals surface area (Å²) < 4.78 is 0. The quantitative estimate of drug-likeness (QED) is 0.453. The molecule has 0 unspecified atom stereocenters. The minimum absolute atomic E-state index is 0.247. The van der Waals surface area contributed by atoms with E-state index in [0.717, 1.165) is 0 Å².